The van der Waals surface area contributed by atoms with Crippen molar-refractivity contribution < 1.29 is 32.3 Å². The van der Waals surface area contributed by atoms with Crippen LogP contribution in [0.25, 0.3) is 10.4 Å². The van der Waals surface area contributed by atoms with Gasteiger partial charge in [0.05, 0.1) is 10.4 Å². The van der Waals surface area contributed by atoms with Crippen molar-refractivity contribution in [2.75, 3.05) is 53.3 Å². The van der Waals surface area contributed by atoms with Crippen molar-refractivity contribution in [1.29, 1.82) is 0 Å². The second-order valence-electron chi connectivity index (χ2n) is 13.8. The second-order valence-corrected chi connectivity index (χ2v) is 16.1. The Morgan fingerprint density at radius 1 is 0.887 bits per heavy atom. The summed E-state index contributed by atoms with van der Waals surface area (Å²) < 4.78 is 47.4. The van der Waals surface area contributed by atoms with Crippen LogP contribution in [0.4, 0.5) is 35.4 Å². The monoisotopic (exact) mass is 757 g/mol. The van der Waals surface area contributed by atoms with Gasteiger partial charge in [0.15, 0.2) is 11.6 Å². The molecule has 14 heteroatoms. The van der Waals surface area contributed by atoms with E-state index in [1.54, 1.807) is 41.4 Å². The minimum absolute atomic E-state index is 0.216. The van der Waals surface area contributed by atoms with E-state index in [1.165, 1.54) is 11.3 Å². The molecule has 3 aliphatic heterocycles. The quantitative estimate of drug-likeness (QED) is 0.181. The Bertz CT molecular complexity index is 2250. The zero-order valence-corrected chi connectivity index (χ0v) is 30.5. The molecule has 0 atom stereocenters. The normalized spacial score (nSPS) is 16.0. The molecule has 6 heterocycles. The molecule has 9 nitrogen and oxygen atoms in total. The number of thiophene rings is 2. The Balaban J connectivity index is 0.974. The predicted molar refractivity (Wildman–Crippen MR) is 200 cm³/mol. The van der Waals surface area contributed by atoms with Crippen molar-refractivity contribution in [2.45, 2.75) is 33.1 Å². The minimum atomic E-state index is -1.21. The number of pyridine rings is 1. The number of hydrogen-bond donors (Lipinski definition) is 2. The number of nitrogens with zero attached hydrogens (tertiary/aromatic N) is 3. The number of halogens is 3. The van der Waals surface area contributed by atoms with E-state index in [0.29, 0.717) is 47.7 Å². The first-order valence-corrected chi connectivity index (χ1v) is 18.8. The molecular weight excluding hydrogens is 724 g/mol. The van der Waals surface area contributed by atoms with Gasteiger partial charge in [-0.05, 0) is 86.7 Å². The lowest BCUT2D eigenvalue weighted by Gasteiger charge is -2.53. The molecule has 2 aromatic carbocycles. The van der Waals surface area contributed by atoms with Crippen molar-refractivity contribution in [3.05, 3.63) is 110 Å². The van der Waals surface area contributed by atoms with Crippen LogP contribution < -0.4 is 20.4 Å². The number of benzene rings is 2. The van der Waals surface area contributed by atoms with E-state index in [1.807, 2.05) is 26.0 Å². The lowest BCUT2D eigenvalue weighted by atomic mass is 9.73. The highest BCUT2D eigenvalue weighted by molar-refractivity contribution is 7.20. The molecule has 0 aliphatic carbocycles. The molecule has 272 valence electrons. The second kappa shape index (κ2) is 13.7. The maximum Gasteiger partial charge on any atom is 0.265 e. The summed E-state index contributed by atoms with van der Waals surface area (Å²) in [6, 6.07) is 13.3. The molecule has 2 fully saturated rings. The standard InChI is InChI=1S/C39H34F3N5O4S2/c1-21-13-28(34(43-18-21)46-19-39(20-46)8-11-51-12-9-39)35(48)44-26-5-3-23(4-6-26)37(50)47-10-7-24-15-31(53-33(24)27-14-22(2)52-38(27)47)36(49)45-32-29(41)16-25(40)17-30(32)42/h3-6,13-18H,7-12,19-20H2,1-2H3,(H,44,48)(H,45,49). The molecule has 0 bridgehead atoms. The Morgan fingerprint density at radius 3 is 2.32 bits per heavy atom. The average molecular weight is 758 g/mol. The van der Waals surface area contributed by atoms with Gasteiger partial charge < -0.3 is 20.3 Å². The third-order valence-corrected chi connectivity index (χ3v) is 12.3. The Morgan fingerprint density at radius 2 is 1.60 bits per heavy atom. The fraction of sp³-hybridized carbons (Fsp3) is 0.282. The molecule has 2 N–H and O–H groups in total. The van der Waals surface area contributed by atoms with Crippen LogP contribution in [0, 0.1) is 36.7 Å². The van der Waals surface area contributed by atoms with Crippen LogP contribution in [0.2, 0.25) is 0 Å². The van der Waals surface area contributed by atoms with Gasteiger partial charge in [0, 0.05) is 83.2 Å². The summed E-state index contributed by atoms with van der Waals surface area (Å²) in [5.41, 5.74) is 3.46. The van der Waals surface area contributed by atoms with Crippen LogP contribution >= 0.6 is 22.7 Å². The van der Waals surface area contributed by atoms with Crippen LogP contribution in [-0.2, 0) is 11.2 Å². The SMILES string of the molecule is Cc1cnc(N2CC3(CCOCC3)C2)c(C(=O)Nc2ccc(C(=O)N3CCc4cc(C(=O)Nc5c(F)cc(F)cc5F)sc4-c4cc(C)sc43)cc2)c1. The summed E-state index contributed by atoms with van der Waals surface area (Å²) in [5, 5.41) is 5.94. The topological polar surface area (TPSA) is 104 Å². The Hall–Kier alpha value is -5.05. The maximum absolute atomic E-state index is 14.2. The first kappa shape index (κ1) is 35.0. The lowest BCUT2D eigenvalue weighted by Crippen LogP contribution is -2.59. The molecule has 0 saturated carbocycles. The Kier molecular flexibility index (Phi) is 9.07. The molecule has 53 heavy (non-hydrogen) atoms. The molecule has 0 unspecified atom stereocenters. The summed E-state index contributed by atoms with van der Waals surface area (Å²) in [5.74, 6) is -4.06. The van der Waals surface area contributed by atoms with Crippen molar-refractivity contribution in [1.82, 2.24) is 4.98 Å². The molecule has 3 aliphatic rings. The van der Waals surface area contributed by atoms with E-state index in [4.69, 9.17) is 4.74 Å². The van der Waals surface area contributed by atoms with Gasteiger partial charge in [0.2, 0.25) is 0 Å². The van der Waals surface area contributed by atoms with E-state index in [2.05, 4.69) is 20.5 Å². The van der Waals surface area contributed by atoms with Crippen molar-refractivity contribution in [3.63, 3.8) is 0 Å². The fourth-order valence-electron chi connectivity index (χ4n) is 7.25. The van der Waals surface area contributed by atoms with Gasteiger partial charge >= 0.3 is 0 Å². The highest BCUT2D eigenvalue weighted by Crippen LogP contribution is 2.47. The Labute approximate surface area is 311 Å². The van der Waals surface area contributed by atoms with E-state index in [-0.39, 0.29) is 22.1 Å². The van der Waals surface area contributed by atoms with Gasteiger partial charge in [-0.3, -0.25) is 19.3 Å². The molecule has 2 saturated heterocycles. The van der Waals surface area contributed by atoms with Crippen molar-refractivity contribution >= 4 is 62.6 Å². The minimum Gasteiger partial charge on any atom is -0.381 e. The van der Waals surface area contributed by atoms with E-state index in [9.17, 15) is 27.6 Å². The van der Waals surface area contributed by atoms with Crippen LogP contribution in [0.5, 0.6) is 0 Å². The molecule has 8 rings (SSSR count). The number of anilines is 4. The van der Waals surface area contributed by atoms with Gasteiger partial charge in [0.1, 0.15) is 22.3 Å². The first-order chi connectivity index (χ1) is 25.5. The molecule has 5 aromatic rings. The molecule has 3 aromatic heterocycles. The smallest absolute Gasteiger partial charge is 0.265 e. The number of carbonyl (C=O) groups is 3. The van der Waals surface area contributed by atoms with Gasteiger partial charge in [-0.25, -0.2) is 18.2 Å². The summed E-state index contributed by atoms with van der Waals surface area (Å²) in [4.78, 5) is 51.1. The summed E-state index contributed by atoms with van der Waals surface area (Å²) in [6.45, 7) is 7.37. The molecule has 3 amide bonds. The van der Waals surface area contributed by atoms with Gasteiger partial charge in [-0.2, -0.15) is 0 Å². The van der Waals surface area contributed by atoms with E-state index in [0.717, 1.165) is 81.9 Å². The number of aromatic nitrogens is 1. The van der Waals surface area contributed by atoms with Crippen LogP contribution in [-0.4, -0.2) is 55.6 Å². The van der Waals surface area contributed by atoms with Crippen LogP contribution in [0.1, 0.15) is 59.2 Å². The lowest BCUT2D eigenvalue weighted by molar-refractivity contribution is -0.000511. The number of fused-ring (bicyclic) bond motifs is 3. The number of ether oxygens (including phenoxy) is 1. The number of aryl methyl sites for hydroxylation is 2. The predicted octanol–water partition coefficient (Wildman–Crippen LogP) is 8.23. The third kappa shape index (κ3) is 6.70. The summed E-state index contributed by atoms with van der Waals surface area (Å²) in [6.07, 6.45) is 4.22. The number of hydrogen-bond acceptors (Lipinski definition) is 8. The summed E-state index contributed by atoms with van der Waals surface area (Å²) in [7, 11) is 0. The van der Waals surface area contributed by atoms with Crippen LogP contribution in [0.3, 0.4) is 0 Å². The maximum atomic E-state index is 14.2. The highest BCUT2D eigenvalue weighted by atomic mass is 32.1. The van der Waals surface area contributed by atoms with E-state index < -0.39 is 29.0 Å². The molecule has 0 radical (unpaired) electrons. The van der Waals surface area contributed by atoms with Crippen molar-refractivity contribution in [2.24, 2.45) is 5.41 Å². The largest absolute Gasteiger partial charge is 0.381 e. The fourth-order valence-corrected chi connectivity index (χ4v) is 9.47. The molecular formula is C39H34F3N5O4S2. The van der Waals surface area contributed by atoms with Gasteiger partial charge in [-0.15, -0.1) is 22.7 Å². The van der Waals surface area contributed by atoms with Crippen LogP contribution in [0.15, 0.2) is 60.8 Å². The first-order valence-electron chi connectivity index (χ1n) is 17.2. The number of carbonyl (C=O) groups excluding carboxylic acids is 3. The zero-order chi connectivity index (χ0) is 37.0. The molecule has 1 spiro atoms. The summed E-state index contributed by atoms with van der Waals surface area (Å²) >= 11 is 2.62. The highest BCUT2D eigenvalue weighted by Gasteiger charge is 2.45. The van der Waals surface area contributed by atoms with Gasteiger partial charge in [-0.1, -0.05) is 0 Å². The van der Waals surface area contributed by atoms with Gasteiger partial charge in [0.25, 0.3) is 17.7 Å². The zero-order valence-electron chi connectivity index (χ0n) is 28.9. The number of nitrogens with one attached hydrogen (secondary N) is 2. The number of amides is 3. The van der Waals surface area contributed by atoms with E-state index >= 15 is 0 Å². The third-order valence-electron chi connectivity index (χ3n) is 10.00. The van der Waals surface area contributed by atoms with Crippen molar-refractivity contribution in [3.8, 4) is 10.4 Å². The average Bonchev–Trinajstić information content (AvgIpc) is 3.69. The number of rotatable bonds is 6.